The molecule has 0 bridgehead atoms. The minimum absolute atomic E-state index is 0.291. The SMILES string of the molecule is CC(C)C(OC(CI)COCc1ccccc1)(C(C)C)P(=O)(O)O. The van der Waals surface area contributed by atoms with Crippen LogP contribution >= 0.6 is 30.2 Å². The number of hydrogen-bond donors (Lipinski definition) is 2. The summed E-state index contributed by atoms with van der Waals surface area (Å²) in [6, 6.07) is 9.78. The highest BCUT2D eigenvalue weighted by Crippen LogP contribution is 2.59. The molecule has 0 radical (unpaired) electrons. The van der Waals surface area contributed by atoms with Crippen LogP contribution in [0.25, 0.3) is 0 Å². The van der Waals surface area contributed by atoms with Crippen LogP contribution in [0.5, 0.6) is 0 Å². The largest absolute Gasteiger partial charge is 0.374 e. The highest BCUT2D eigenvalue weighted by Gasteiger charge is 2.54. The molecule has 24 heavy (non-hydrogen) atoms. The van der Waals surface area contributed by atoms with Crippen LogP contribution < -0.4 is 0 Å². The Labute approximate surface area is 158 Å². The average molecular weight is 470 g/mol. The van der Waals surface area contributed by atoms with E-state index in [2.05, 4.69) is 22.6 Å². The maximum atomic E-state index is 12.2. The first-order valence-corrected chi connectivity index (χ1v) is 11.2. The number of ether oxygens (including phenoxy) is 2. The highest BCUT2D eigenvalue weighted by molar-refractivity contribution is 14.1. The minimum Gasteiger partial charge on any atom is -0.374 e. The van der Waals surface area contributed by atoms with Crippen LogP contribution in [0, 0.1) is 11.8 Å². The molecule has 0 saturated heterocycles. The highest BCUT2D eigenvalue weighted by atomic mass is 127. The molecule has 1 aromatic rings. The van der Waals surface area contributed by atoms with E-state index < -0.39 is 12.9 Å². The number of alkyl halides is 1. The molecule has 1 rings (SSSR count). The molecule has 7 heteroatoms. The average Bonchev–Trinajstić information content (AvgIpc) is 2.49. The van der Waals surface area contributed by atoms with E-state index in [0.717, 1.165) is 5.56 Å². The Morgan fingerprint density at radius 2 is 1.67 bits per heavy atom. The second-order valence-electron chi connectivity index (χ2n) is 6.50. The van der Waals surface area contributed by atoms with Crippen LogP contribution in [0.3, 0.4) is 0 Å². The normalized spacial score (nSPS) is 14.4. The zero-order valence-electron chi connectivity index (χ0n) is 14.7. The molecule has 1 unspecified atom stereocenters. The summed E-state index contributed by atoms with van der Waals surface area (Å²) in [5.74, 6) is -0.643. The molecule has 138 valence electrons. The predicted molar refractivity (Wildman–Crippen MR) is 104 cm³/mol. The van der Waals surface area contributed by atoms with Gasteiger partial charge in [0.1, 0.15) is 0 Å². The molecular formula is C17H28IO5P. The van der Waals surface area contributed by atoms with E-state index >= 15 is 0 Å². The van der Waals surface area contributed by atoms with Gasteiger partial charge in [0.25, 0.3) is 0 Å². The fraction of sp³-hybridized carbons (Fsp3) is 0.647. The van der Waals surface area contributed by atoms with E-state index in [4.69, 9.17) is 9.47 Å². The number of benzene rings is 1. The lowest BCUT2D eigenvalue weighted by molar-refractivity contribution is -0.119. The second-order valence-corrected chi connectivity index (χ2v) is 9.17. The molecule has 0 aliphatic rings. The van der Waals surface area contributed by atoms with Crippen LogP contribution in [0.4, 0.5) is 0 Å². The van der Waals surface area contributed by atoms with Gasteiger partial charge in [0.2, 0.25) is 0 Å². The molecular weight excluding hydrogens is 442 g/mol. The van der Waals surface area contributed by atoms with Gasteiger partial charge < -0.3 is 19.3 Å². The van der Waals surface area contributed by atoms with Crippen molar-refractivity contribution in [3.63, 3.8) is 0 Å². The molecule has 0 amide bonds. The third kappa shape index (κ3) is 5.51. The van der Waals surface area contributed by atoms with E-state index in [1.807, 2.05) is 30.3 Å². The Morgan fingerprint density at radius 1 is 1.12 bits per heavy atom. The van der Waals surface area contributed by atoms with Crippen molar-refractivity contribution in [3.8, 4) is 0 Å². The van der Waals surface area contributed by atoms with Gasteiger partial charge in [-0.1, -0.05) is 80.6 Å². The van der Waals surface area contributed by atoms with Gasteiger partial charge in [0.05, 0.1) is 19.3 Å². The van der Waals surface area contributed by atoms with E-state index in [1.165, 1.54) is 0 Å². The standard InChI is InChI=1S/C17H28IO5P/c1-13(2)17(14(3)4,24(19,20)21)23-16(10-18)12-22-11-15-8-6-5-7-9-15/h5-9,13-14,16H,10-12H2,1-4H3,(H2,19,20,21). The zero-order valence-corrected chi connectivity index (χ0v) is 17.7. The van der Waals surface area contributed by atoms with Gasteiger partial charge in [0.15, 0.2) is 5.34 Å². The van der Waals surface area contributed by atoms with Crippen LogP contribution in [-0.4, -0.2) is 32.3 Å². The molecule has 0 fully saturated rings. The number of hydrogen-bond acceptors (Lipinski definition) is 3. The lowest BCUT2D eigenvalue weighted by Gasteiger charge is -2.43. The fourth-order valence-corrected chi connectivity index (χ4v) is 5.01. The molecule has 1 aromatic carbocycles. The number of rotatable bonds is 10. The smallest absolute Gasteiger partial charge is 0.357 e. The number of halogens is 1. The molecule has 0 heterocycles. The van der Waals surface area contributed by atoms with Crippen LogP contribution in [0.15, 0.2) is 30.3 Å². The van der Waals surface area contributed by atoms with Crippen molar-refractivity contribution in [2.45, 2.75) is 45.7 Å². The van der Waals surface area contributed by atoms with Crippen LogP contribution in [0.1, 0.15) is 33.3 Å². The Morgan fingerprint density at radius 3 is 2.08 bits per heavy atom. The minimum atomic E-state index is -4.46. The van der Waals surface area contributed by atoms with Gasteiger partial charge in [-0.25, -0.2) is 0 Å². The Kier molecular flexibility index (Phi) is 8.87. The summed E-state index contributed by atoms with van der Waals surface area (Å²) in [5, 5.41) is -1.50. The van der Waals surface area contributed by atoms with Crippen molar-refractivity contribution in [2.24, 2.45) is 11.8 Å². The van der Waals surface area contributed by atoms with Gasteiger partial charge >= 0.3 is 7.60 Å². The lowest BCUT2D eigenvalue weighted by Crippen LogP contribution is -2.47. The zero-order chi connectivity index (χ0) is 18.4. The van der Waals surface area contributed by atoms with Crippen LogP contribution in [-0.2, 0) is 20.6 Å². The summed E-state index contributed by atoms with van der Waals surface area (Å²) in [7, 11) is -4.46. The van der Waals surface area contributed by atoms with E-state index in [0.29, 0.717) is 17.6 Å². The molecule has 0 aliphatic heterocycles. The van der Waals surface area contributed by atoms with E-state index in [1.54, 1.807) is 27.7 Å². The lowest BCUT2D eigenvalue weighted by atomic mass is 9.95. The van der Waals surface area contributed by atoms with Gasteiger partial charge in [-0.2, -0.15) is 0 Å². The van der Waals surface area contributed by atoms with Crippen LogP contribution in [0.2, 0.25) is 0 Å². The maximum absolute atomic E-state index is 12.2. The second kappa shape index (κ2) is 9.64. The monoisotopic (exact) mass is 470 g/mol. The molecule has 0 aromatic heterocycles. The van der Waals surface area contributed by atoms with Crippen molar-refractivity contribution in [3.05, 3.63) is 35.9 Å². The van der Waals surface area contributed by atoms with E-state index in [9.17, 15) is 14.4 Å². The van der Waals surface area contributed by atoms with Gasteiger partial charge in [0, 0.05) is 4.43 Å². The molecule has 0 spiro atoms. The molecule has 1 atom stereocenters. The maximum Gasteiger partial charge on any atom is 0.357 e. The summed E-state index contributed by atoms with van der Waals surface area (Å²) >= 11 is 2.16. The van der Waals surface area contributed by atoms with Gasteiger partial charge in [-0.15, -0.1) is 0 Å². The summed E-state index contributed by atoms with van der Waals surface area (Å²) in [6.07, 6.45) is -0.383. The van der Waals surface area contributed by atoms with Crippen molar-refractivity contribution in [1.82, 2.24) is 0 Å². The van der Waals surface area contributed by atoms with Crippen molar-refractivity contribution < 1.29 is 23.8 Å². The fourth-order valence-electron chi connectivity index (χ4n) is 2.94. The summed E-state index contributed by atoms with van der Waals surface area (Å²) in [6.45, 7) is 7.88. The van der Waals surface area contributed by atoms with Gasteiger partial charge in [-0.05, 0) is 17.4 Å². The Balaban J connectivity index is 2.80. The van der Waals surface area contributed by atoms with Gasteiger partial charge in [-0.3, -0.25) is 4.57 Å². The first kappa shape index (κ1) is 22.1. The van der Waals surface area contributed by atoms with Crippen molar-refractivity contribution in [2.75, 3.05) is 11.0 Å². The quantitative estimate of drug-likeness (QED) is 0.305. The Hall–Kier alpha value is 0.0200. The summed E-state index contributed by atoms with van der Waals surface area (Å²) < 4.78 is 24.5. The molecule has 0 aliphatic carbocycles. The molecule has 5 nitrogen and oxygen atoms in total. The molecule has 2 N–H and O–H groups in total. The first-order chi connectivity index (χ1) is 11.1. The van der Waals surface area contributed by atoms with Crippen molar-refractivity contribution in [1.29, 1.82) is 0 Å². The summed E-state index contributed by atoms with van der Waals surface area (Å²) in [5.41, 5.74) is 1.05. The van der Waals surface area contributed by atoms with Crippen molar-refractivity contribution >= 4 is 30.2 Å². The molecule has 0 saturated carbocycles. The third-order valence-corrected chi connectivity index (χ3v) is 7.08. The summed E-state index contributed by atoms with van der Waals surface area (Å²) in [4.78, 5) is 19.9. The topological polar surface area (TPSA) is 76.0 Å². The Bertz CT molecular complexity index is 521. The third-order valence-electron chi connectivity index (χ3n) is 4.05. The predicted octanol–water partition coefficient (Wildman–Crippen LogP) is 4.21. The first-order valence-electron chi connectivity index (χ1n) is 8.06. The van der Waals surface area contributed by atoms with E-state index in [-0.39, 0.29) is 17.9 Å².